The number of methoxy groups -OCH3 is 1. The van der Waals surface area contributed by atoms with Crippen molar-refractivity contribution in [2.75, 3.05) is 7.11 Å². The molecule has 0 radical (unpaired) electrons. The van der Waals surface area contributed by atoms with E-state index in [1.807, 2.05) is 0 Å². The molecule has 1 heterocycles. The summed E-state index contributed by atoms with van der Waals surface area (Å²) in [6.07, 6.45) is 1.01. The minimum Gasteiger partial charge on any atom is -0.469 e. The van der Waals surface area contributed by atoms with Gasteiger partial charge in [0.25, 0.3) is 0 Å². The van der Waals surface area contributed by atoms with Crippen LogP contribution < -0.4 is 0 Å². The molecular weight excluding hydrogens is 212 g/mol. The predicted octanol–water partition coefficient (Wildman–Crippen LogP) is -0.155. The van der Waals surface area contributed by atoms with Crippen LogP contribution in [0.1, 0.15) is 11.4 Å². The number of nitrogens with one attached hydrogen (secondary N) is 1. The number of hydrogen-bond acceptors (Lipinski definition) is 4. The van der Waals surface area contributed by atoms with Gasteiger partial charge in [-0.2, -0.15) is 0 Å². The van der Waals surface area contributed by atoms with Crippen molar-refractivity contribution in [1.29, 1.82) is 0 Å². The second kappa shape index (κ2) is 5.69. The van der Waals surface area contributed by atoms with E-state index in [2.05, 4.69) is 9.72 Å². The smallest absolute Gasteiger partial charge is 0.311 e. The van der Waals surface area contributed by atoms with E-state index in [0.717, 1.165) is 4.90 Å². The zero-order chi connectivity index (χ0) is 12.0. The Bertz CT molecular complexity index is 378. The summed E-state index contributed by atoms with van der Waals surface area (Å²) in [6, 6.07) is 3.41. The number of aromatic nitrogens is 1. The molecule has 0 aliphatic heterocycles. The first-order valence-electron chi connectivity index (χ1n) is 4.59. The van der Waals surface area contributed by atoms with Gasteiger partial charge in [0.1, 0.15) is 0 Å². The Balaban J connectivity index is 2.60. The molecule has 1 N–H and O–H groups in total. The number of aromatic amines is 1. The monoisotopic (exact) mass is 224 g/mol. The van der Waals surface area contributed by atoms with Crippen LogP contribution in [-0.2, 0) is 32.1 Å². The largest absolute Gasteiger partial charge is 0.469 e. The number of rotatable bonds is 6. The fraction of sp³-hybridized carbons (Fsp3) is 0.300. The van der Waals surface area contributed by atoms with Gasteiger partial charge in [-0.1, -0.05) is 0 Å². The molecule has 0 saturated heterocycles. The molecule has 0 aliphatic carbocycles. The summed E-state index contributed by atoms with van der Waals surface area (Å²) >= 11 is 0. The van der Waals surface area contributed by atoms with Gasteiger partial charge in [-0.3, -0.25) is 19.3 Å². The minimum absolute atomic E-state index is 0.138. The highest BCUT2D eigenvalue weighted by molar-refractivity contribution is 5.72. The topological polar surface area (TPSA) is 79.5 Å². The van der Waals surface area contributed by atoms with Crippen molar-refractivity contribution in [2.45, 2.75) is 13.0 Å². The molecule has 0 saturated carbocycles. The first-order chi connectivity index (χ1) is 7.69. The van der Waals surface area contributed by atoms with E-state index in [-0.39, 0.29) is 18.9 Å². The van der Waals surface area contributed by atoms with Crippen molar-refractivity contribution >= 4 is 18.8 Å². The summed E-state index contributed by atoms with van der Waals surface area (Å²) in [6.45, 7) is 0.161. The van der Waals surface area contributed by atoms with E-state index in [0.29, 0.717) is 24.2 Å². The van der Waals surface area contributed by atoms with Crippen LogP contribution in [-0.4, -0.2) is 35.8 Å². The molecule has 6 nitrogen and oxygen atoms in total. The zero-order valence-electron chi connectivity index (χ0n) is 8.80. The summed E-state index contributed by atoms with van der Waals surface area (Å²) in [5.41, 5.74) is 1.36. The van der Waals surface area contributed by atoms with Crippen LogP contribution >= 0.6 is 0 Å². The lowest BCUT2D eigenvalue weighted by molar-refractivity contribution is -0.140. The zero-order valence-corrected chi connectivity index (χ0v) is 8.80. The summed E-state index contributed by atoms with van der Waals surface area (Å²) in [5, 5.41) is 0. The van der Waals surface area contributed by atoms with Crippen LogP contribution in [0.15, 0.2) is 12.1 Å². The number of carbonyl (C=O) groups is 3. The third-order valence-corrected chi connectivity index (χ3v) is 1.99. The Morgan fingerprint density at radius 1 is 1.38 bits per heavy atom. The average Bonchev–Trinajstić information content (AvgIpc) is 2.73. The molecule has 6 heteroatoms. The number of hydrogen-bond donors (Lipinski definition) is 1. The van der Waals surface area contributed by atoms with E-state index in [4.69, 9.17) is 0 Å². The van der Waals surface area contributed by atoms with Crippen molar-refractivity contribution < 1.29 is 19.1 Å². The number of H-pyrrole nitrogens is 1. The van der Waals surface area contributed by atoms with Crippen LogP contribution in [0.25, 0.3) is 0 Å². The van der Waals surface area contributed by atoms with E-state index < -0.39 is 0 Å². The van der Waals surface area contributed by atoms with Crippen LogP contribution in [0.5, 0.6) is 0 Å². The third kappa shape index (κ3) is 3.23. The fourth-order valence-electron chi connectivity index (χ4n) is 1.21. The van der Waals surface area contributed by atoms with Gasteiger partial charge in [-0.25, -0.2) is 0 Å². The highest BCUT2D eigenvalue weighted by atomic mass is 16.5. The van der Waals surface area contributed by atoms with Crippen molar-refractivity contribution in [3.8, 4) is 0 Å². The number of esters is 1. The second-order valence-electron chi connectivity index (χ2n) is 3.14. The average molecular weight is 224 g/mol. The van der Waals surface area contributed by atoms with Gasteiger partial charge in [0.05, 0.1) is 20.1 Å². The van der Waals surface area contributed by atoms with Gasteiger partial charge in [-0.05, 0) is 12.1 Å². The molecule has 0 aromatic carbocycles. The molecule has 0 bridgehead atoms. The first-order valence-corrected chi connectivity index (χ1v) is 4.59. The lowest BCUT2D eigenvalue weighted by Gasteiger charge is -2.06. The van der Waals surface area contributed by atoms with Gasteiger partial charge in [-0.15, -0.1) is 0 Å². The third-order valence-electron chi connectivity index (χ3n) is 1.99. The summed E-state index contributed by atoms with van der Waals surface area (Å²) in [5.74, 6) is -0.351. The molecule has 2 amide bonds. The lowest BCUT2D eigenvalue weighted by atomic mass is 10.3. The van der Waals surface area contributed by atoms with Crippen LogP contribution in [0, 0.1) is 0 Å². The number of ether oxygens (including phenoxy) is 1. The molecule has 0 unspecified atom stereocenters. The van der Waals surface area contributed by atoms with E-state index in [1.54, 1.807) is 12.1 Å². The number of carbonyl (C=O) groups excluding carboxylic acids is 3. The van der Waals surface area contributed by atoms with E-state index in [1.165, 1.54) is 7.11 Å². The predicted molar refractivity (Wildman–Crippen MR) is 54.2 cm³/mol. The molecule has 0 atom stereocenters. The standard InChI is InChI=1S/C10H12N2O4/c1-16-10(15)4-8-2-3-9(11-8)5-12(6-13)7-14/h2-3,6-7,11H,4-5H2,1H3. The number of amides is 2. The first kappa shape index (κ1) is 12.0. The van der Waals surface area contributed by atoms with E-state index >= 15 is 0 Å². The fourth-order valence-corrected chi connectivity index (χ4v) is 1.21. The van der Waals surface area contributed by atoms with Gasteiger partial charge >= 0.3 is 5.97 Å². The maximum atomic E-state index is 11.0. The van der Waals surface area contributed by atoms with Crippen molar-refractivity contribution in [2.24, 2.45) is 0 Å². The Morgan fingerprint density at radius 2 is 2.00 bits per heavy atom. The van der Waals surface area contributed by atoms with Crippen molar-refractivity contribution in [3.63, 3.8) is 0 Å². The Labute approximate surface area is 92.2 Å². The number of imide groups is 1. The number of nitrogens with zero attached hydrogens (tertiary/aromatic N) is 1. The minimum atomic E-state index is -0.351. The van der Waals surface area contributed by atoms with Crippen molar-refractivity contribution in [1.82, 2.24) is 9.88 Å². The van der Waals surface area contributed by atoms with E-state index in [9.17, 15) is 14.4 Å². The highest BCUT2D eigenvalue weighted by Crippen LogP contribution is 2.05. The quantitative estimate of drug-likeness (QED) is 0.538. The molecule has 0 fully saturated rings. The van der Waals surface area contributed by atoms with Gasteiger partial charge in [0.2, 0.25) is 12.8 Å². The summed E-state index contributed by atoms with van der Waals surface area (Å²) < 4.78 is 4.51. The normalized spacial score (nSPS) is 9.56. The Kier molecular flexibility index (Phi) is 4.26. The molecular formula is C10H12N2O4. The van der Waals surface area contributed by atoms with Gasteiger partial charge < -0.3 is 9.72 Å². The summed E-state index contributed by atoms with van der Waals surface area (Å²) in [7, 11) is 1.31. The molecule has 1 rings (SSSR count). The maximum absolute atomic E-state index is 11.0. The maximum Gasteiger partial charge on any atom is 0.311 e. The Morgan fingerprint density at radius 3 is 2.56 bits per heavy atom. The van der Waals surface area contributed by atoms with Gasteiger partial charge in [0.15, 0.2) is 0 Å². The van der Waals surface area contributed by atoms with Crippen molar-refractivity contribution in [3.05, 3.63) is 23.5 Å². The second-order valence-corrected chi connectivity index (χ2v) is 3.14. The Hall–Kier alpha value is -2.11. The highest BCUT2D eigenvalue weighted by Gasteiger charge is 2.07. The molecule has 1 aromatic rings. The lowest BCUT2D eigenvalue weighted by Crippen LogP contribution is -2.19. The van der Waals surface area contributed by atoms with Crippen LogP contribution in [0.2, 0.25) is 0 Å². The molecule has 86 valence electrons. The summed E-state index contributed by atoms with van der Waals surface area (Å²) in [4.78, 5) is 35.6. The SMILES string of the molecule is COC(=O)Cc1ccc(CN(C=O)C=O)[nH]1. The molecule has 1 aromatic heterocycles. The van der Waals surface area contributed by atoms with Crippen LogP contribution in [0.4, 0.5) is 0 Å². The van der Waals surface area contributed by atoms with Crippen LogP contribution in [0.3, 0.4) is 0 Å². The molecule has 16 heavy (non-hydrogen) atoms. The van der Waals surface area contributed by atoms with Gasteiger partial charge in [0, 0.05) is 11.4 Å². The molecule has 0 spiro atoms. The molecule has 0 aliphatic rings.